The third-order valence-corrected chi connectivity index (χ3v) is 13.8. The maximum atomic E-state index is 2.57. The number of hydrogen-bond donors (Lipinski definition) is 0. The van der Waals surface area contributed by atoms with Crippen molar-refractivity contribution in [2.45, 2.75) is 37.5 Å². The van der Waals surface area contributed by atoms with Crippen LogP contribution in [0, 0.1) is 23.7 Å². The monoisotopic (exact) mass is 668 g/mol. The molecular formula is C50H40N2. The summed E-state index contributed by atoms with van der Waals surface area (Å²) in [6.45, 7) is 0. The number of rotatable bonds is 4. The zero-order chi connectivity index (χ0) is 34.0. The molecule has 4 bridgehead atoms. The Kier molecular flexibility index (Phi) is 5.98. The van der Waals surface area contributed by atoms with Crippen LogP contribution in [0.2, 0.25) is 0 Å². The highest BCUT2D eigenvalue weighted by Crippen LogP contribution is 2.70. The van der Waals surface area contributed by atoms with Crippen molar-refractivity contribution >= 4 is 49.6 Å². The van der Waals surface area contributed by atoms with E-state index < -0.39 is 0 Å². The molecule has 250 valence electrons. The molecule has 52 heavy (non-hydrogen) atoms. The van der Waals surface area contributed by atoms with Gasteiger partial charge in [-0.2, -0.15) is 0 Å². The van der Waals surface area contributed by atoms with Crippen LogP contribution in [0.1, 0.15) is 43.2 Å². The molecular weight excluding hydrogens is 629 g/mol. The van der Waals surface area contributed by atoms with Crippen molar-refractivity contribution < 1.29 is 0 Å². The molecule has 2 nitrogen and oxygen atoms in total. The second-order valence-corrected chi connectivity index (χ2v) is 16.1. The van der Waals surface area contributed by atoms with Gasteiger partial charge in [0, 0.05) is 38.5 Å². The molecule has 0 N–H and O–H groups in total. The lowest BCUT2D eigenvalue weighted by atomic mass is 9.43. The molecule has 7 aromatic carbocycles. The van der Waals surface area contributed by atoms with Crippen molar-refractivity contribution in [2.75, 3.05) is 4.90 Å². The number of aromatic nitrogens is 1. The maximum absolute atomic E-state index is 2.57. The van der Waals surface area contributed by atoms with Gasteiger partial charge in [-0.1, -0.05) is 109 Å². The van der Waals surface area contributed by atoms with Crippen LogP contribution in [-0.4, -0.2) is 4.57 Å². The largest absolute Gasteiger partial charge is 0.309 e. The molecule has 5 aliphatic carbocycles. The summed E-state index contributed by atoms with van der Waals surface area (Å²) in [7, 11) is 0. The van der Waals surface area contributed by atoms with Gasteiger partial charge in [-0.15, -0.1) is 0 Å². The first-order valence-corrected chi connectivity index (χ1v) is 19.4. The SMILES string of the molecule is c1ccc2c(c1)-c1c(N(c3ccc(-n4c5ccccc5c5ccccc54)cc3)c3cccc4ccccc34)cccc1C21C2CC3CC(C2)CC1C3. The normalized spacial score (nSPS) is 23.8. The molecule has 0 saturated heterocycles. The summed E-state index contributed by atoms with van der Waals surface area (Å²) in [6.07, 6.45) is 7.03. The summed E-state index contributed by atoms with van der Waals surface area (Å²) in [5, 5.41) is 5.11. The average molecular weight is 669 g/mol. The topological polar surface area (TPSA) is 8.17 Å². The van der Waals surface area contributed by atoms with Gasteiger partial charge in [0.2, 0.25) is 0 Å². The first-order chi connectivity index (χ1) is 25.8. The van der Waals surface area contributed by atoms with Gasteiger partial charge in [-0.25, -0.2) is 0 Å². The first kappa shape index (κ1) is 29.0. The van der Waals surface area contributed by atoms with Crippen LogP contribution in [-0.2, 0) is 5.41 Å². The Balaban J connectivity index is 1.09. The van der Waals surface area contributed by atoms with Crippen molar-refractivity contribution in [3.63, 3.8) is 0 Å². The molecule has 0 amide bonds. The van der Waals surface area contributed by atoms with Crippen LogP contribution < -0.4 is 4.90 Å². The van der Waals surface area contributed by atoms with E-state index in [4.69, 9.17) is 0 Å². The lowest BCUT2D eigenvalue weighted by molar-refractivity contribution is -0.0399. The summed E-state index contributed by atoms with van der Waals surface area (Å²) in [4.78, 5) is 2.57. The molecule has 0 unspecified atom stereocenters. The van der Waals surface area contributed by atoms with Crippen LogP contribution >= 0.6 is 0 Å². The number of hydrogen-bond acceptors (Lipinski definition) is 1. The van der Waals surface area contributed by atoms with E-state index in [2.05, 4.69) is 167 Å². The second kappa shape index (κ2) is 10.7. The van der Waals surface area contributed by atoms with Crippen LogP contribution in [0.4, 0.5) is 17.1 Å². The molecule has 8 aromatic rings. The Bertz CT molecular complexity index is 2630. The smallest absolute Gasteiger partial charge is 0.0543 e. The molecule has 1 aromatic heterocycles. The molecule has 1 heterocycles. The number of benzene rings is 7. The van der Waals surface area contributed by atoms with E-state index >= 15 is 0 Å². The summed E-state index contributed by atoms with van der Waals surface area (Å²) in [5.41, 5.74) is 13.6. The first-order valence-electron chi connectivity index (χ1n) is 19.4. The fourth-order valence-electron chi connectivity index (χ4n) is 12.1. The van der Waals surface area contributed by atoms with Crippen LogP contribution in [0.5, 0.6) is 0 Å². The van der Waals surface area contributed by atoms with Crippen molar-refractivity contribution in [3.8, 4) is 16.8 Å². The summed E-state index contributed by atoms with van der Waals surface area (Å²) < 4.78 is 2.42. The third-order valence-electron chi connectivity index (χ3n) is 13.8. The Labute approximate surface area is 305 Å². The van der Waals surface area contributed by atoms with E-state index in [1.807, 2.05) is 0 Å². The number of nitrogens with zero attached hydrogens (tertiary/aromatic N) is 2. The lowest BCUT2D eigenvalue weighted by Crippen LogP contribution is -2.55. The lowest BCUT2D eigenvalue weighted by Gasteiger charge is -2.61. The van der Waals surface area contributed by atoms with Gasteiger partial charge in [0.15, 0.2) is 0 Å². The highest BCUT2D eigenvalue weighted by molar-refractivity contribution is 6.09. The highest BCUT2D eigenvalue weighted by Gasteiger charge is 2.61. The Hall–Kier alpha value is -5.60. The highest BCUT2D eigenvalue weighted by atomic mass is 15.1. The Morgan fingerprint density at radius 1 is 0.462 bits per heavy atom. The van der Waals surface area contributed by atoms with Crippen LogP contribution in [0.15, 0.2) is 158 Å². The predicted molar refractivity (Wildman–Crippen MR) is 216 cm³/mol. The van der Waals surface area contributed by atoms with E-state index in [0.29, 0.717) is 0 Å². The quantitative estimate of drug-likeness (QED) is 0.181. The fraction of sp³-hybridized carbons (Fsp3) is 0.200. The molecule has 4 saturated carbocycles. The van der Waals surface area contributed by atoms with Gasteiger partial charge < -0.3 is 9.47 Å². The van der Waals surface area contributed by atoms with Gasteiger partial charge >= 0.3 is 0 Å². The standard InChI is InChI=1S/C50H40N2/c1-2-13-39-34(11-1)12-9-21-45(39)52(38-25-23-37(24-26-38)51-46-19-7-4-14-40(46)41-15-5-8-20-47(41)51)48-22-10-18-44-49(48)42-16-3-6-17-43(42)50(44)35-28-32-27-33(30-35)31-36(50)29-32/h1-26,32-33,35-36H,27-31H2. The van der Waals surface area contributed by atoms with Crippen molar-refractivity contribution in [1.82, 2.24) is 4.57 Å². The Morgan fingerprint density at radius 3 is 1.75 bits per heavy atom. The van der Waals surface area contributed by atoms with Gasteiger partial charge in [0.25, 0.3) is 0 Å². The number of para-hydroxylation sites is 2. The van der Waals surface area contributed by atoms with Crippen molar-refractivity contribution in [3.05, 3.63) is 169 Å². The molecule has 13 rings (SSSR count). The Morgan fingerprint density at radius 2 is 1.02 bits per heavy atom. The second-order valence-electron chi connectivity index (χ2n) is 16.1. The predicted octanol–water partition coefficient (Wildman–Crippen LogP) is 13.1. The number of anilines is 3. The minimum Gasteiger partial charge on any atom is -0.309 e. The van der Waals surface area contributed by atoms with E-state index in [1.165, 1.54) is 98.6 Å². The van der Waals surface area contributed by atoms with E-state index in [9.17, 15) is 0 Å². The van der Waals surface area contributed by atoms with Gasteiger partial charge in [0.1, 0.15) is 0 Å². The minimum atomic E-state index is 0.125. The average Bonchev–Trinajstić information content (AvgIpc) is 3.69. The zero-order valence-electron chi connectivity index (χ0n) is 29.3. The zero-order valence-corrected chi connectivity index (χ0v) is 29.3. The summed E-state index contributed by atoms with van der Waals surface area (Å²) in [6, 6.07) is 59.4. The molecule has 5 aliphatic rings. The van der Waals surface area contributed by atoms with E-state index in [1.54, 1.807) is 11.1 Å². The van der Waals surface area contributed by atoms with Crippen LogP contribution in [0.25, 0.3) is 49.4 Å². The van der Waals surface area contributed by atoms with Crippen molar-refractivity contribution in [2.24, 2.45) is 23.7 Å². The summed E-state index contributed by atoms with van der Waals surface area (Å²) in [5.74, 6) is 3.32. The van der Waals surface area contributed by atoms with Gasteiger partial charge in [-0.05, 0) is 126 Å². The number of fused-ring (bicyclic) bond motifs is 7. The van der Waals surface area contributed by atoms with Crippen molar-refractivity contribution in [1.29, 1.82) is 0 Å². The molecule has 0 aliphatic heterocycles. The molecule has 0 atom stereocenters. The van der Waals surface area contributed by atoms with E-state index in [-0.39, 0.29) is 5.41 Å². The molecule has 4 fully saturated rings. The third kappa shape index (κ3) is 3.80. The van der Waals surface area contributed by atoms with Gasteiger partial charge in [-0.3, -0.25) is 0 Å². The molecule has 2 heteroatoms. The fourth-order valence-corrected chi connectivity index (χ4v) is 12.1. The molecule has 0 radical (unpaired) electrons. The van der Waals surface area contributed by atoms with Crippen LogP contribution in [0.3, 0.4) is 0 Å². The van der Waals surface area contributed by atoms with E-state index in [0.717, 1.165) is 23.7 Å². The minimum absolute atomic E-state index is 0.125. The summed E-state index contributed by atoms with van der Waals surface area (Å²) >= 11 is 0. The maximum Gasteiger partial charge on any atom is 0.0543 e. The van der Waals surface area contributed by atoms with Gasteiger partial charge in [0.05, 0.1) is 22.4 Å². The molecule has 1 spiro atoms.